The van der Waals surface area contributed by atoms with Crippen LogP contribution in [0.2, 0.25) is 0 Å². The number of rotatable bonds is 3. The third-order valence-corrected chi connectivity index (χ3v) is 5.54. The summed E-state index contributed by atoms with van der Waals surface area (Å²) in [6, 6.07) is 9.45. The largest absolute Gasteiger partial charge is 0.327 e. The molecule has 4 heteroatoms. The zero-order valence-corrected chi connectivity index (χ0v) is 13.8. The highest BCUT2D eigenvalue weighted by Gasteiger charge is 2.38. The molecule has 1 aliphatic heterocycles. The van der Waals surface area contributed by atoms with E-state index in [1.54, 1.807) is 11.8 Å². The van der Waals surface area contributed by atoms with Crippen LogP contribution >= 0.6 is 24.2 Å². The van der Waals surface area contributed by atoms with Crippen LogP contribution in [-0.4, -0.2) is 30.3 Å². The summed E-state index contributed by atoms with van der Waals surface area (Å²) in [5.41, 5.74) is 7.72. The standard InChI is InChI=1S/C16H24N2S.ClH/c1-19-14-7-5-12(6-8-14)9-18-10-13-3-2-4-16(17)15(13)11-18;/h5-8,13,15-16H,2-4,9-11,17H2,1H3;1H. The second kappa shape index (κ2) is 7.17. The van der Waals surface area contributed by atoms with E-state index in [2.05, 4.69) is 35.4 Å². The molecule has 1 aromatic carbocycles. The molecule has 2 fully saturated rings. The van der Waals surface area contributed by atoms with E-state index in [4.69, 9.17) is 5.73 Å². The fourth-order valence-corrected chi connectivity index (χ4v) is 4.14. The van der Waals surface area contributed by atoms with Crippen molar-refractivity contribution in [3.8, 4) is 0 Å². The van der Waals surface area contributed by atoms with Gasteiger partial charge in [0.05, 0.1) is 0 Å². The van der Waals surface area contributed by atoms with Crippen LogP contribution in [0.25, 0.3) is 0 Å². The highest BCUT2D eigenvalue weighted by molar-refractivity contribution is 7.98. The monoisotopic (exact) mass is 312 g/mol. The minimum absolute atomic E-state index is 0. The molecule has 2 N–H and O–H groups in total. The summed E-state index contributed by atoms with van der Waals surface area (Å²) in [5.74, 6) is 1.61. The molecule has 112 valence electrons. The molecule has 0 bridgehead atoms. The van der Waals surface area contributed by atoms with Crippen molar-refractivity contribution in [2.45, 2.75) is 36.7 Å². The van der Waals surface area contributed by atoms with Crippen molar-refractivity contribution in [3.63, 3.8) is 0 Å². The third-order valence-electron chi connectivity index (χ3n) is 4.79. The average molecular weight is 313 g/mol. The number of fused-ring (bicyclic) bond motifs is 1. The Morgan fingerprint density at radius 1 is 1.20 bits per heavy atom. The number of hydrogen-bond acceptors (Lipinski definition) is 3. The van der Waals surface area contributed by atoms with Gasteiger partial charge in [-0.25, -0.2) is 0 Å². The predicted octanol–water partition coefficient (Wildman–Crippen LogP) is 3.39. The first kappa shape index (κ1) is 16.2. The van der Waals surface area contributed by atoms with Gasteiger partial charge in [-0.15, -0.1) is 24.2 Å². The molecule has 0 amide bonds. The zero-order chi connectivity index (χ0) is 13.2. The van der Waals surface area contributed by atoms with Gasteiger partial charge in [0.2, 0.25) is 0 Å². The Labute approximate surface area is 132 Å². The molecule has 0 aromatic heterocycles. The van der Waals surface area contributed by atoms with Crippen LogP contribution < -0.4 is 5.73 Å². The summed E-state index contributed by atoms with van der Waals surface area (Å²) < 4.78 is 0. The summed E-state index contributed by atoms with van der Waals surface area (Å²) in [7, 11) is 0. The predicted molar refractivity (Wildman–Crippen MR) is 89.6 cm³/mol. The van der Waals surface area contributed by atoms with Gasteiger partial charge in [0.1, 0.15) is 0 Å². The van der Waals surface area contributed by atoms with Crippen LogP contribution in [0.4, 0.5) is 0 Å². The van der Waals surface area contributed by atoms with E-state index >= 15 is 0 Å². The topological polar surface area (TPSA) is 29.3 Å². The molecule has 2 aliphatic rings. The number of thioether (sulfide) groups is 1. The van der Waals surface area contributed by atoms with Crippen molar-refractivity contribution < 1.29 is 0 Å². The number of halogens is 1. The van der Waals surface area contributed by atoms with E-state index in [1.807, 2.05) is 0 Å². The quantitative estimate of drug-likeness (QED) is 0.868. The molecule has 1 aromatic rings. The van der Waals surface area contributed by atoms with Gasteiger partial charge in [0.15, 0.2) is 0 Å². The van der Waals surface area contributed by atoms with Gasteiger partial charge in [-0.05, 0) is 48.6 Å². The lowest BCUT2D eigenvalue weighted by Gasteiger charge is -2.29. The van der Waals surface area contributed by atoms with Crippen molar-refractivity contribution in [2.75, 3.05) is 19.3 Å². The van der Waals surface area contributed by atoms with Gasteiger partial charge >= 0.3 is 0 Å². The number of hydrogen-bond donors (Lipinski definition) is 1. The first-order chi connectivity index (χ1) is 9.26. The second-order valence-electron chi connectivity index (χ2n) is 6.06. The number of nitrogens with two attached hydrogens (primary N) is 1. The first-order valence-corrected chi connectivity index (χ1v) is 8.59. The maximum atomic E-state index is 6.28. The third kappa shape index (κ3) is 3.51. The Hall–Kier alpha value is -0.220. The lowest BCUT2D eigenvalue weighted by Crippen LogP contribution is -2.38. The molecule has 20 heavy (non-hydrogen) atoms. The molecule has 0 spiro atoms. The fourth-order valence-electron chi connectivity index (χ4n) is 3.73. The number of benzene rings is 1. The lowest BCUT2D eigenvalue weighted by molar-refractivity contribution is 0.259. The van der Waals surface area contributed by atoms with Crippen molar-refractivity contribution in [2.24, 2.45) is 17.6 Å². The van der Waals surface area contributed by atoms with Gasteiger partial charge < -0.3 is 5.73 Å². The van der Waals surface area contributed by atoms with E-state index in [0.717, 1.165) is 18.4 Å². The van der Waals surface area contributed by atoms with Crippen LogP contribution in [0.1, 0.15) is 24.8 Å². The Morgan fingerprint density at radius 3 is 2.60 bits per heavy atom. The highest BCUT2D eigenvalue weighted by Crippen LogP contribution is 2.36. The van der Waals surface area contributed by atoms with Crippen LogP contribution in [0.15, 0.2) is 29.2 Å². The van der Waals surface area contributed by atoms with E-state index in [-0.39, 0.29) is 12.4 Å². The molecule has 1 aliphatic carbocycles. The molecule has 3 rings (SSSR count). The summed E-state index contributed by atoms with van der Waals surface area (Å²) in [4.78, 5) is 3.95. The fraction of sp³-hybridized carbons (Fsp3) is 0.625. The molecule has 2 nitrogen and oxygen atoms in total. The van der Waals surface area contributed by atoms with E-state index in [0.29, 0.717) is 6.04 Å². The van der Waals surface area contributed by atoms with Gasteiger partial charge in [0, 0.05) is 30.6 Å². The lowest BCUT2D eigenvalue weighted by atomic mass is 9.78. The normalized spacial score (nSPS) is 29.8. The summed E-state index contributed by atoms with van der Waals surface area (Å²) in [6.07, 6.45) is 6.08. The molecule has 1 saturated carbocycles. The smallest absolute Gasteiger partial charge is 0.0233 e. The Bertz CT molecular complexity index is 423. The zero-order valence-electron chi connectivity index (χ0n) is 12.1. The molecule has 1 heterocycles. The number of likely N-dealkylation sites (tertiary alicyclic amines) is 1. The molecular formula is C16H25ClN2S. The molecule has 1 saturated heterocycles. The number of nitrogens with zero attached hydrogens (tertiary/aromatic N) is 1. The highest BCUT2D eigenvalue weighted by atomic mass is 35.5. The summed E-state index contributed by atoms with van der Waals surface area (Å²) in [6.45, 7) is 3.55. The van der Waals surface area contributed by atoms with Crippen LogP contribution in [0, 0.1) is 11.8 Å². The van der Waals surface area contributed by atoms with Gasteiger partial charge in [0.25, 0.3) is 0 Å². The van der Waals surface area contributed by atoms with Gasteiger partial charge in [-0.3, -0.25) is 4.90 Å². The minimum atomic E-state index is 0. The van der Waals surface area contributed by atoms with Crippen molar-refractivity contribution in [1.82, 2.24) is 4.90 Å². The van der Waals surface area contributed by atoms with Crippen molar-refractivity contribution in [1.29, 1.82) is 0 Å². The van der Waals surface area contributed by atoms with Gasteiger partial charge in [-0.2, -0.15) is 0 Å². The van der Waals surface area contributed by atoms with Crippen LogP contribution in [0.3, 0.4) is 0 Å². The molecule has 0 radical (unpaired) electrons. The van der Waals surface area contributed by atoms with Crippen molar-refractivity contribution >= 4 is 24.2 Å². The summed E-state index contributed by atoms with van der Waals surface area (Å²) >= 11 is 1.81. The second-order valence-corrected chi connectivity index (χ2v) is 6.94. The first-order valence-electron chi connectivity index (χ1n) is 7.37. The van der Waals surface area contributed by atoms with Crippen LogP contribution in [0.5, 0.6) is 0 Å². The molecule has 3 unspecified atom stereocenters. The molecule has 3 atom stereocenters. The minimum Gasteiger partial charge on any atom is -0.327 e. The summed E-state index contributed by atoms with van der Waals surface area (Å²) in [5, 5.41) is 0. The van der Waals surface area contributed by atoms with E-state index < -0.39 is 0 Å². The Balaban J connectivity index is 0.00000147. The Morgan fingerprint density at radius 2 is 1.95 bits per heavy atom. The maximum Gasteiger partial charge on any atom is 0.0233 e. The molecular weight excluding hydrogens is 288 g/mol. The van der Waals surface area contributed by atoms with Crippen molar-refractivity contribution in [3.05, 3.63) is 29.8 Å². The van der Waals surface area contributed by atoms with E-state index in [9.17, 15) is 0 Å². The maximum absolute atomic E-state index is 6.28. The van der Waals surface area contributed by atoms with Gasteiger partial charge in [-0.1, -0.05) is 18.6 Å². The SMILES string of the molecule is CSc1ccc(CN2CC3CCCC(N)C3C2)cc1.Cl. The Kier molecular flexibility index (Phi) is 5.79. The average Bonchev–Trinajstić information content (AvgIpc) is 2.84. The van der Waals surface area contributed by atoms with E-state index in [1.165, 1.54) is 42.8 Å². The van der Waals surface area contributed by atoms with Crippen LogP contribution in [-0.2, 0) is 6.54 Å².